The van der Waals surface area contributed by atoms with Gasteiger partial charge in [0.1, 0.15) is 0 Å². The molecule has 5 rings (SSSR count). The van der Waals surface area contributed by atoms with Crippen molar-refractivity contribution in [3.05, 3.63) is 112 Å². The predicted molar refractivity (Wildman–Crippen MR) is 113 cm³/mol. The van der Waals surface area contributed by atoms with Crippen molar-refractivity contribution in [3.8, 4) is 0 Å². The molecule has 134 valence electrons. The zero-order valence-corrected chi connectivity index (χ0v) is 16.2. The summed E-state index contributed by atoms with van der Waals surface area (Å²) in [5.41, 5.74) is 11.2. The highest BCUT2D eigenvalue weighted by Gasteiger charge is 2.69. The molecule has 0 aromatic heterocycles. The van der Waals surface area contributed by atoms with Gasteiger partial charge >= 0.3 is 0 Å². The molecule has 0 aliphatic heterocycles. The molecule has 0 radical (unpaired) electrons. The lowest BCUT2D eigenvalue weighted by molar-refractivity contribution is 0.658. The predicted octanol–water partition coefficient (Wildman–Crippen LogP) is 6.74. The summed E-state index contributed by atoms with van der Waals surface area (Å²) in [6.45, 7) is 4.77. The first-order valence-corrected chi connectivity index (χ1v) is 10.2. The molecule has 0 spiro atoms. The Morgan fingerprint density at radius 3 is 2.22 bits per heavy atom. The van der Waals surface area contributed by atoms with E-state index in [2.05, 4.69) is 98.5 Å². The first-order chi connectivity index (χ1) is 13.2. The molecule has 4 atom stereocenters. The van der Waals surface area contributed by atoms with E-state index in [1.54, 1.807) is 11.1 Å². The minimum atomic E-state index is 0.0856. The molecule has 2 aromatic rings. The smallest absolute Gasteiger partial charge is 0.0320 e. The summed E-state index contributed by atoms with van der Waals surface area (Å²) in [5, 5.41) is 0. The molecule has 0 N–H and O–H groups in total. The van der Waals surface area contributed by atoms with Crippen molar-refractivity contribution in [1.29, 1.82) is 0 Å². The van der Waals surface area contributed by atoms with Crippen LogP contribution in [0.5, 0.6) is 0 Å². The van der Waals surface area contributed by atoms with Crippen molar-refractivity contribution in [1.82, 2.24) is 0 Å². The highest BCUT2D eigenvalue weighted by atomic mass is 14.7. The molecule has 2 aromatic carbocycles. The normalized spacial score (nSPS) is 31.5. The monoisotopic (exact) mass is 350 g/mol. The number of rotatable bonds is 4. The molecule has 0 saturated heterocycles. The highest BCUT2D eigenvalue weighted by molar-refractivity contribution is 5.62. The highest BCUT2D eigenvalue weighted by Crippen LogP contribution is 2.74. The molecular weight excluding hydrogens is 324 g/mol. The first-order valence-electron chi connectivity index (χ1n) is 10.2. The van der Waals surface area contributed by atoms with E-state index < -0.39 is 0 Å². The van der Waals surface area contributed by atoms with Crippen LogP contribution in [0.15, 0.2) is 101 Å². The molecule has 3 aliphatic carbocycles. The first kappa shape index (κ1) is 16.6. The van der Waals surface area contributed by atoms with Crippen molar-refractivity contribution in [3.63, 3.8) is 0 Å². The van der Waals surface area contributed by atoms with Gasteiger partial charge < -0.3 is 0 Å². The van der Waals surface area contributed by atoms with Crippen molar-refractivity contribution in [2.75, 3.05) is 0 Å². The van der Waals surface area contributed by atoms with Gasteiger partial charge in [-0.3, -0.25) is 0 Å². The van der Waals surface area contributed by atoms with E-state index in [1.165, 1.54) is 29.5 Å². The lowest BCUT2D eigenvalue weighted by Crippen LogP contribution is -2.16. The molecule has 1 saturated carbocycles. The van der Waals surface area contributed by atoms with Crippen LogP contribution < -0.4 is 0 Å². The Morgan fingerprint density at radius 2 is 1.63 bits per heavy atom. The quantitative estimate of drug-likeness (QED) is 0.423. The molecular formula is C27H26. The maximum Gasteiger partial charge on any atom is 0.0320 e. The van der Waals surface area contributed by atoms with Crippen LogP contribution in [0, 0.1) is 11.8 Å². The minimum absolute atomic E-state index is 0.0856. The van der Waals surface area contributed by atoms with Gasteiger partial charge in [0.05, 0.1) is 0 Å². The van der Waals surface area contributed by atoms with E-state index in [0.29, 0.717) is 17.8 Å². The molecule has 0 heterocycles. The van der Waals surface area contributed by atoms with Crippen molar-refractivity contribution >= 4 is 0 Å². The maximum atomic E-state index is 3.55. The Balaban J connectivity index is 1.76. The van der Waals surface area contributed by atoms with Gasteiger partial charge in [-0.25, -0.2) is 0 Å². The summed E-state index contributed by atoms with van der Waals surface area (Å²) in [4.78, 5) is 0. The second-order valence-corrected chi connectivity index (χ2v) is 8.33. The van der Waals surface area contributed by atoms with Crippen LogP contribution in [-0.2, 0) is 5.41 Å². The topological polar surface area (TPSA) is 0 Å². The standard InChI is InChI=1S/C27H26/c1-19-17-18-24(20(19)2)27(23-15-7-4-8-16-23)25(21-11-5-3-6-12-21)26(27)22-13-9-10-14-22/h3-13,15-16,19,25-26H,17-18H2,1-2H3. The Morgan fingerprint density at radius 1 is 0.926 bits per heavy atom. The minimum Gasteiger partial charge on any atom is -0.117 e. The van der Waals surface area contributed by atoms with E-state index >= 15 is 0 Å². The van der Waals surface area contributed by atoms with Crippen molar-refractivity contribution in [2.24, 2.45) is 11.8 Å². The largest absolute Gasteiger partial charge is 0.117 e. The van der Waals surface area contributed by atoms with E-state index in [-0.39, 0.29) is 5.41 Å². The Labute approximate surface area is 162 Å². The molecule has 27 heavy (non-hydrogen) atoms. The zero-order chi connectivity index (χ0) is 18.4. The fraction of sp³-hybridized carbons (Fsp3) is 0.296. The number of benzene rings is 2. The third-order valence-corrected chi connectivity index (χ3v) is 7.11. The third-order valence-electron chi connectivity index (χ3n) is 7.11. The van der Waals surface area contributed by atoms with Crippen LogP contribution in [0.3, 0.4) is 0 Å². The average Bonchev–Trinajstić information content (AvgIpc) is 2.98. The Hall–Kier alpha value is -2.56. The molecule has 3 aliphatic rings. The van der Waals surface area contributed by atoms with E-state index in [0.717, 1.165) is 0 Å². The van der Waals surface area contributed by atoms with Gasteiger partial charge in [-0.1, -0.05) is 90.9 Å². The van der Waals surface area contributed by atoms with Crippen LogP contribution in [0.2, 0.25) is 0 Å². The van der Waals surface area contributed by atoms with Gasteiger partial charge in [0, 0.05) is 17.3 Å². The SMILES string of the molecule is CC1=C(C2(c3ccccc3)C(C3=C=CC=C3)C2c2ccccc2)CCC1C. The maximum absolute atomic E-state index is 3.55. The van der Waals surface area contributed by atoms with Gasteiger partial charge in [-0.05, 0) is 48.5 Å². The van der Waals surface area contributed by atoms with Crippen LogP contribution in [-0.4, -0.2) is 0 Å². The summed E-state index contributed by atoms with van der Waals surface area (Å²) in [7, 11) is 0. The van der Waals surface area contributed by atoms with E-state index in [4.69, 9.17) is 0 Å². The molecule has 0 heteroatoms. The van der Waals surface area contributed by atoms with Crippen molar-refractivity contribution < 1.29 is 0 Å². The summed E-state index contributed by atoms with van der Waals surface area (Å²) in [6.07, 6.45) is 9.00. The molecule has 1 fully saturated rings. The summed E-state index contributed by atoms with van der Waals surface area (Å²) in [6, 6.07) is 22.4. The van der Waals surface area contributed by atoms with Gasteiger partial charge in [-0.2, -0.15) is 0 Å². The number of hydrogen-bond donors (Lipinski definition) is 0. The zero-order valence-electron chi connectivity index (χ0n) is 16.2. The second kappa shape index (κ2) is 6.25. The Kier molecular flexibility index (Phi) is 3.85. The number of allylic oxidation sites excluding steroid dienone is 5. The molecule has 0 bridgehead atoms. The lowest BCUT2D eigenvalue weighted by Gasteiger charge is -2.23. The Bertz CT molecular complexity index is 983. The van der Waals surface area contributed by atoms with Crippen LogP contribution in [0.4, 0.5) is 0 Å². The fourth-order valence-corrected chi connectivity index (χ4v) is 5.69. The van der Waals surface area contributed by atoms with Crippen LogP contribution >= 0.6 is 0 Å². The van der Waals surface area contributed by atoms with Gasteiger partial charge in [0.15, 0.2) is 0 Å². The summed E-state index contributed by atoms with van der Waals surface area (Å²) in [5.74, 6) is 1.67. The van der Waals surface area contributed by atoms with Crippen molar-refractivity contribution in [2.45, 2.75) is 38.0 Å². The van der Waals surface area contributed by atoms with Gasteiger partial charge in [0.2, 0.25) is 0 Å². The molecule has 0 nitrogen and oxygen atoms in total. The lowest BCUT2D eigenvalue weighted by atomic mass is 9.80. The van der Waals surface area contributed by atoms with E-state index in [9.17, 15) is 0 Å². The summed E-state index contributed by atoms with van der Waals surface area (Å²) >= 11 is 0. The summed E-state index contributed by atoms with van der Waals surface area (Å²) < 4.78 is 0. The second-order valence-electron chi connectivity index (χ2n) is 8.33. The van der Waals surface area contributed by atoms with E-state index in [1.807, 2.05) is 0 Å². The fourth-order valence-electron chi connectivity index (χ4n) is 5.69. The average molecular weight is 351 g/mol. The van der Waals surface area contributed by atoms with Gasteiger partial charge in [0.25, 0.3) is 0 Å². The molecule has 0 amide bonds. The van der Waals surface area contributed by atoms with Gasteiger partial charge in [-0.15, -0.1) is 5.73 Å². The van der Waals surface area contributed by atoms with Crippen LogP contribution in [0.1, 0.15) is 43.7 Å². The molecule has 4 unspecified atom stereocenters. The van der Waals surface area contributed by atoms with Crippen LogP contribution in [0.25, 0.3) is 0 Å². The number of hydrogen-bond acceptors (Lipinski definition) is 0. The third kappa shape index (κ3) is 2.37.